The van der Waals surface area contributed by atoms with Crippen LogP contribution < -0.4 is 5.32 Å². The van der Waals surface area contributed by atoms with E-state index in [2.05, 4.69) is 46.5 Å². The molecule has 9 heteroatoms. The van der Waals surface area contributed by atoms with Crippen molar-refractivity contribution < 1.29 is 13.2 Å². The molecule has 0 radical (unpaired) electrons. The van der Waals surface area contributed by atoms with E-state index in [1.54, 1.807) is 6.92 Å². The SMILES string of the molecule is CCNC(=NCCc1c[nH]c2c(C)cccc12)N1CCC(CN(CC)CC(F)(F)F)C1.I. The molecule has 3 rings (SSSR count). The van der Waals surface area contributed by atoms with Gasteiger partial charge in [-0.3, -0.25) is 9.89 Å². The first-order chi connectivity index (χ1) is 14.8. The second-order valence-corrected chi connectivity index (χ2v) is 8.34. The Morgan fingerprint density at radius 1 is 1.31 bits per heavy atom. The number of para-hydroxylation sites is 1. The molecule has 0 bridgehead atoms. The lowest BCUT2D eigenvalue weighted by Crippen LogP contribution is -2.42. The first-order valence-electron chi connectivity index (χ1n) is 11.2. The van der Waals surface area contributed by atoms with Gasteiger partial charge in [0.25, 0.3) is 0 Å². The number of hydrogen-bond acceptors (Lipinski definition) is 2. The number of benzene rings is 1. The fourth-order valence-electron chi connectivity index (χ4n) is 4.38. The number of nitrogens with zero attached hydrogens (tertiary/aromatic N) is 3. The van der Waals surface area contributed by atoms with Crippen molar-refractivity contribution in [3.05, 3.63) is 35.5 Å². The second kappa shape index (κ2) is 12.1. The number of alkyl halides is 3. The number of likely N-dealkylation sites (tertiary alicyclic amines) is 1. The number of guanidine groups is 1. The van der Waals surface area contributed by atoms with E-state index >= 15 is 0 Å². The van der Waals surface area contributed by atoms with E-state index in [4.69, 9.17) is 4.99 Å². The third kappa shape index (κ3) is 7.26. The molecule has 180 valence electrons. The summed E-state index contributed by atoms with van der Waals surface area (Å²) in [5, 5.41) is 4.59. The average Bonchev–Trinajstić information content (AvgIpc) is 3.34. The van der Waals surface area contributed by atoms with Crippen LogP contribution in [0.2, 0.25) is 0 Å². The number of aromatic amines is 1. The Balaban J connectivity index is 0.00000363. The highest BCUT2D eigenvalue weighted by Crippen LogP contribution is 2.23. The highest BCUT2D eigenvalue weighted by atomic mass is 127. The number of aromatic nitrogens is 1. The van der Waals surface area contributed by atoms with Crippen LogP contribution in [0.5, 0.6) is 0 Å². The average molecular weight is 565 g/mol. The van der Waals surface area contributed by atoms with Gasteiger partial charge in [0.05, 0.1) is 6.54 Å². The molecule has 1 saturated heterocycles. The van der Waals surface area contributed by atoms with Crippen LogP contribution in [0.1, 0.15) is 31.4 Å². The summed E-state index contributed by atoms with van der Waals surface area (Å²) in [6, 6.07) is 6.31. The van der Waals surface area contributed by atoms with Crippen LogP contribution in [0.4, 0.5) is 13.2 Å². The van der Waals surface area contributed by atoms with Gasteiger partial charge in [0.15, 0.2) is 5.96 Å². The number of nitrogens with one attached hydrogen (secondary N) is 2. The Bertz CT molecular complexity index is 880. The van der Waals surface area contributed by atoms with E-state index in [-0.39, 0.29) is 29.9 Å². The van der Waals surface area contributed by atoms with Gasteiger partial charge in [-0.05, 0) is 50.3 Å². The molecule has 0 amide bonds. The van der Waals surface area contributed by atoms with E-state index in [0.29, 0.717) is 19.6 Å². The van der Waals surface area contributed by atoms with Crippen LogP contribution in [0.15, 0.2) is 29.4 Å². The number of rotatable bonds is 8. The minimum Gasteiger partial charge on any atom is -0.361 e. The van der Waals surface area contributed by atoms with E-state index in [9.17, 15) is 13.2 Å². The molecule has 2 heterocycles. The van der Waals surface area contributed by atoms with Crippen LogP contribution >= 0.6 is 24.0 Å². The summed E-state index contributed by atoms with van der Waals surface area (Å²) in [4.78, 5) is 11.9. The minimum absolute atomic E-state index is 0. The molecule has 1 atom stereocenters. The lowest BCUT2D eigenvalue weighted by atomic mass is 10.1. The van der Waals surface area contributed by atoms with Gasteiger partial charge in [-0.1, -0.05) is 25.1 Å². The van der Waals surface area contributed by atoms with Gasteiger partial charge < -0.3 is 15.2 Å². The number of halogens is 4. The second-order valence-electron chi connectivity index (χ2n) is 8.34. The number of hydrogen-bond donors (Lipinski definition) is 2. The van der Waals surface area contributed by atoms with Crippen LogP contribution in [0.25, 0.3) is 10.9 Å². The van der Waals surface area contributed by atoms with Crippen molar-refractivity contribution >= 4 is 40.8 Å². The third-order valence-electron chi connectivity index (χ3n) is 5.94. The Kier molecular flexibility index (Phi) is 10.1. The van der Waals surface area contributed by atoms with Crippen molar-refractivity contribution in [3.8, 4) is 0 Å². The van der Waals surface area contributed by atoms with Gasteiger partial charge in [-0.2, -0.15) is 13.2 Å². The molecule has 1 aromatic heterocycles. The molecule has 5 nitrogen and oxygen atoms in total. The normalized spacial score (nSPS) is 17.3. The van der Waals surface area contributed by atoms with E-state index in [1.807, 2.05) is 6.92 Å². The molecule has 1 fully saturated rings. The zero-order chi connectivity index (χ0) is 22.4. The largest absolute Gasteiger partial charge is 0.401 e. The summed E-state index contributed by atoms with van der Waals surface area (Å²) in [7, 11) is 0. The molecule has 1 aliphatic rings. The summed E-state index contributed by atoms with van der Waals surface area (Å²) in [6.07, 6.45) is -0.358. The van der Waals surface area contributed by atoms with Crippen LogP contribution in [-0.2, 0) is 6.42 Å². The van der Waals surface area contributed by atoms with E-state index in [1.165, 1.54) is 26.9 Å². The van der Waals surface area contributed by atoms with Gasteiger partial charge in [0.2, 0.25) is 0 Å². The monoisotopic (exact) mass is 565 g/mol. The number of aryl methyl sites for hydroxylation is 1. The zero-order valence-electron chi connectivity index (χ0n) is 19.1. The Labute approximate surface area is 205 Å². The van der Waals surface area contributed by atoms with Crippen molar-refractivity contribution in [2.45, 2.75) is 39.8 Å². The highest BCUT2D eigenvalue weighted by Gasteiger charge is 2.33. The lowest BCUT2D eigenvalue weighted by Gasteiger charge is -2.26. The van der Waals surface area contributed by atoms with Crippen molar-refractivity contribution in [3.63, 3.8) is 0 Å². The molecule has 32 heavy (non-hydrogen) atoms. The van der Waals surface area contributed by atoms with Crippen molar-refractivity contribution in [2.24, 2.45) is 10.9 Å². The predicted molar refractivity (Wildman–Crippen MR) is 136 cm³/mol. The zero-order valence-corrected chi connectivity index (χ0v) is 21.5. The van der Waals surface area contributed by atoms with Gasteiger partial charge in [-0.15, -0.1) is 24.0 Å². The molecular weight excluding hydrogens is 530 g/mol. The topological polar surface area (TPSA) is 46.7 Å². The highest BCUT2D eigenvalue weighted by molar-refractivity contribution is 14.0. The summed E-state index contributed by atoms with van der Waals surface area (Å²) in [6.45, 7) is 8.97. The molecule has 2 N–H and O–H groups in total. The van der Waals surface area contributed by atoms with Crippen molar-refractivity contribution in [1.29, 1.82) is 0 Å². The maximum Gasteiger partial charge on any atom is 0.401 e. The number of aliphatic imine (C=N–C) groups is 1. The minimum atomic E-state index is -4.15. The van der Waals surface area contributed by atoms with Gasteiger partial charge in [0.1, 0.15) is 0 Å². The van der Waals surface area contributed by atoms with Crippen molar-refractivity contribution in [2.75, 3.05) is 45.8 Å². The first kappa shape index (κ1) is 26.8. The summed E-state index contributed by atoms with van der Waals surface area (Å²) >= 11 is 0. The molecule has 2 aromatic rings. The van der Waals surface area contributed by atoms with Gasteiger partial charge in [0, 0.05) is 49.8 Å². The van der Waals surface area contributed by atoms with E-state index < -0.39 is 12.7 Å². The fourth-order valence-corrected chi connectivity index (χ4v) is 4.38. The molecule has 1 aromatic carbocycles. The molecule has 1 aliphatic heterocycles. The number of H-pyrrole nitrogens is 1. The van der Waals surface area contributed by atoms with Crippen LogP contribution in [0, 0.1) is 12.8 Å². The van der Waals surface area contributed by atoms with Crippen molar-refractivity contribution in [1.82, 2.24) is 20.1 Å². The molecule has 0 aliphatic carbocycles. The maximum atomic E-state index is 12.8. The molecule has 0 spiro atoms. The summed E-state index contributed by atoms with van der Waals surface area (Å²) < 4.78 is 38.3. The number of fused-ring (bicyclic) bond motifs is 1. The van der Waals surface area contributed by atoms with E-state index in [0.717, 1.165) is 38.4 Å². The Morgan fingerprint density at radius 2 is 2.09 bits per heavy atom. The predicted octanol–water partition coefficient (Wildman–Crippen LogP) is 4.81. The smallest absolute Gasteiger partial charge is 0.361 e. The molecular formula is C23H35F3IN5. The fraction of sp³-hybridized carbons (Fsp3) is 0.609. The van der Waals surface area contributed by atoms with Gasteiger partial charge >= 0.3 is 6.18 Å². The third-order valence-corrected chi connectivity index (χ3v) is 5.94. The summed E-state index contributed by atoms with van der Waals surface area (Å²) in [5.74, 6) is 1.09. The lowest BCUT2D eigenvalue weighted by molar-refractivity contribution is -0.146. The van der Waals surface area contributed by atoms with Crippen LogP contribution in [-0.4, -0.2) is 72.7 Å². The quantitative estimate of drug-likeness (QED) is 0.275. The summed E-state index contributed by atoms with van der Waals surface area (Å²) in [5.41, 5.74) is 3.66. The molecule has 1 unspecified atom stereocenters. The molecule has 0 saturated carbocycles. The van der Waals surface area contributed by atoms with Gasteiger partial charge in [-0.25, -0.2) is 0 Å². The Hall–Kier alpha value is -1.49. The van der Waals surface area contributed by atoms with Crippen LogP contribution in [0.3, 0.4) is 0 Å². The first-order valence-corrected chi connectivity index (χ1v) is 11.2. The maximum absolute atomic E-state index is 12.8. The standard InChI is InChI=1S/C23H34F3N5.HI/c1-4-27-22(28-11-9-19-13-29-21-17(3)7-6-8-20(19)21)31-12-10-18(15-31)14-30(5-2)16-23(24,25)26;/h6-8,13,18,29H,4-5,9-12,14-16H2,1-3H3,(H,27,28);1H. The Morgan fingerprint density at radius 3 is 2.78 bits per heavy atom.